The number of imide groups is 2. The molecule has 0 fully saturated rings. The van der Waals surface area contributed by atoms with Crippen molar-refractivity contribution in [1.29, 1.82) is 0 Å². The summed E-state index contributed by atoms with van der Waals surface area (Å²) in [6.45, 7) is -1.74. The van der Waals surface area contributed by atoms with Crippen LogP contribution >= 0.6 is 0 Å². The SMILES string of the molecule is O=C([O-])CN1C(=O)c2ccc3c4ccc5c6c(ccc(c7ccc(c2c37)C1=O)c64)C(=O)N(CC(=O)[O-])C5=O.[K+].[K+]. The molecule has 2 aliphatic heterocycles. The maximum absolute atomic E-state index is 13.1. The molecule has 0 bridgehead atoms. The molecule has 2 heterocycles. The first-order valence-electron chi connectivity index (χ1n) is 11.5. The number of carbonyl (C=O) groups excluding carboxylic acids is 6. The van der Waals surface area contributed by atoms with Crippen LogP contribution in [0, 0.1) is 0 Å². The Kier molecular flexibility index (Phi) is 7.58. The van der Waals surface area contributed by atoms with Gasteiger partial charge in [-0.05, 0) is 56.6 Å². The molecule has 7 rings (SSSR count). The Balaban J connectivity index is 0.00000161. The maximum Gasteiger partial charge on any atom is 1.00 e. The third-order valence-electron chi connectivity index (χ3n) is 7.38. The molecule has 0 N–H and O–H groups in total. The zero-order valence-electron chi connectivity index (χ0n) is 21.2. The van der Waals surface area contributed by atoms with Gasteiger partial charge in [-0.3, -0.25) is 29.0 Å². The van der Waals surface area contributed by atoms with Gasteiger partial charge in [0, 0.05) is 33.0 Å². The molecular formula is C28H12K2N2O8. The van der Waals surface area contributed by atoms with E-state index in [4.69, 9.17) is 0 Å². The molecule has 0 radical (unpaired) electrons. The Labute approximate surface area is 309 Å². The zero-order chi connectivity index (χ0) is 26.6. The minimum absolute atomic E-state index is 0. The zero-order valence-corrected chi connectivity index (χ0v) is 27.4. The van der Waals surface area contributed by atoms with Gasteiger partial charge in [0.25, 0.3) is 23.6 Å². The summed E-state index contributed by atoms with van der Waals surface area (Å²) < 4.78 is 0. The summed E-state index contributed by atoms with van der Waals surface area (Å²) in [5.41, 5.74) is 0.718. The molecule has 5 aromatic carbocycles. The second-order valence-corrected chi connectivity index (χ2v) is 9.28. The molecule has 0 saturated carbocycles. The summed E-state index contributed by atoms with van der Waals surface area (Å²) in [5, 5.41) is 27.1. The van der Waals surface area contributed by atoms with Crippen molar-refractivity contribution in [2.75, 3.05) is 13.1 Å². The number of carboxylic acids is 2. The van der Waals surface area contributed by atoms with Gasteiger partial charge in [0.05, 0.1) is 25.0 Å². The second kappa shape index (κ2) is 10.3. The summed E-state index contributed by atoms with van der Waals surface area (Å²) in [6.07, 6.45) is 0. The third kappa shape index (κ3) is 3.90. The molecular weight excluding hydrogens is 571 g/mol. The van der Waals surface area contributed by atoms with Crippen molar-refractivity contribution in [1.82, 2.24) is 9.80 Å². The largest absolute Gasteiger partial charge is 1.00 e. The van der Waals surface area contributed by atoms with E-state index >= 15 is 0 Å². The number of fused-ring (bicyclic) bond motifs is 2. The first-order chi connectivity index (χ1) is 18.2. The predicted octanol–water partition coefficient (Wildman–Crippen LogP) is -5.56. The average molecular weight is 583 g/mol. The number of hydrogen-bond donors (Lipinski definition) is 0. The topological polar surface area (TPSA) is 155 Å². The number of rotatable bonds is 4. The van der Waals surface area contributed by atoms with Gasteiger partial charge in [0.1, 0.15) is 0 Å². The molecule has 0 aromatic heterocycles. The first-order valence-corrected chi connectivity index (χ1v) is 11.5. The summed E-state index contributed by atoms with van der Waals surface area (Å²) in [6, 6.07) is 12.9. The molecule has 10 nitrogen and oxygen atoms in total. The monoisotopic (exact) mass is 582 g/mol. The van der Waals surface area contributed by atoms with Gasteiger partial charge in [-0.1, -0.05) is 24.3 Å². The third-order valence-corrected chi connectivity index (χ3v) is 7.38. The van der Waals surface area contributed by atoms with Gasteiger partial charge < -0.3 is 19.8 Å². The van der Waals surface area contributed by atoms with Crippen molar-refractivity contribution in [2.45, 2.75) is 0 Å². The van der Waals surface area contributed by atoms with Crippen LogP contribution in [-0.4, -0.2) is 58.5 Å². The van der Waals surface area contributed by atoms with Crippen LogP contribution in [0.25, 0.3) is 43.1 Å². The Morgan fingerprint density at radius 3 is 0.950 bits per heavy atom. The fourth-order valence-electron chi connectivity index (χ4n) is 5.91. The minimum atomic E-state index is -1.56. The van der Waals surface area contributed by atoms with Crippen LogP contribution in [0.4, 0.5) is 0 Å². The Morgan fingerprint density at radius 1 is 0.475 bits per heavy atom. The van der Waals surface area contributed by atoms with E-state index in [2.05, 4.69) is 0 Å². The normalized spacial score (nSPS) is 14.3. The fraction of sp³-hybridized carbons (Fsp3) is 0.0714. The van der Waals surface area contributed by atoms with E-state index in [1.165, 1.54) is 24.3 Å². The number of carboxylic acid groups (broad SMARTS) is 2. The van der Waals surface area contributed by atoms with E-state index < -0.39 is 48.7 Å². The summed E-state index contributed by atoms with van der Waals surface area (Å²) in [4.78, 5) is 76.1. The van der Waals surface area contributed by atoms with Gasteiger partial charge >= 0.3 is 103 Å². The summed E-state index contributed by atoms with van der Waals surface area (Å²) in [5.74, 6) is -6.08. The predicted molar refractivity (Wildman–Crippen MR) is 128 cm³/mol. The Bertz CT molecular complexity index is 1770. The van der Waals surface area contributed by atoms with Crippen LogP contribution in [0.5, 0.6) is 0 Å². The average Bonchev–Trinajstić information content (AvgIpc) is 2.89. The van der Waals surface area contributed by atoms with Gasteiger partial charge in [-0.25, -0.2) is 0 Å². The van der Waals surface area contributed by atoms with Crippen LogP contribution in [0.3, 0.4) is 0 Å². The molecule has 0 unspecified atom stereocenters. The minimum Gasteiger partial charge on any atom is -0.548 e. The van der Waals surface area contributed by atoms with Crippen LogP contribution in [0.2, 0.25) is 0 Å². The molecule has 0 aliphatic carbocycles. The number of amides is 4. The molecule has 4 amide bonds. The van der Waals surface area contributed by atoms with Crippen molar-refractivity contribution in [2.24, 2.45) is 0 Å². The molecule has 2 aliphatic rings. The van der Waals surface area contributed by atoms with Crippen LogP contribution < -0.4 is 113 Å². The van der Waals surface area contributed by atoms with Crippen molar-refractivity contribution >= 4 is 78.7 Å². The number of benzene rings is 5. The van der Waals surface area contributed by atoms with Crippen LogP contribution in [0.1, 0.15) is 41.4 Å². The second-order valence-electron chi connectivity index (χ2n) is 9.28. The quantitative estimate of drug-likeness (QED) is 0.0880. The summed E-state index contributed by atoms with van der Waals surface area (Å²) >= 11 is 0. The van der Waals surface area contributed by atoms with E-state index in [1.54, 1.807) is 24.3 Å². The van der Waals surface area contributed by atoms with E-state index in [-0.39, 0.29) is 125 Å². The molecule has 0 atom stereocenters. The first kappa shape index (κ1) is 29.4. The Morgan fingerprint density at radius 2 is 0.725 bits per heavy atom. The van der Waals surface area contributed by atoms with E-state index in [0.717, 1.165) is 0 Å². The molecule has 12 heteroatoms. The molecule has 0 spiro atoms. The maximum atomic E-state index is 13.1. The van der Waals surface area contributed by atoms with Crippen molar-refractivity contribution < 1.29 is 142 Å². The van der Waals surface area contributed by atoms with Crippen molar-refractivity contribution in [3.63, 3.8) is 0 Å². The standard InChI is InChI=1S/C28H14N2O8.2K/c31-19(32)9-29-25(35)15-5-1-11-12-2-6-17-24-18(28(38)30(27(17)37)10-20(33)34)8-4-14(22(12)24)13-3-7-16(26(29)36)23(15)21(11)13;;/h1-8H,9-10H2,(H,31,32)(H,33,34);;/q;2*+1/p-2. The fourth-order valence-corrected chi connectivity index (χ4v) is 5.91. The smallest absolute Gasteiger partial charge is 0.548 e. The van der Waals surface area contributed by atoms with Crippen molar-refractivity contribution in [3.8, 4) is 0 Å². The van der Waals surface area contributed by atoms with Gasteiger partial charge in [0.15, 0.2) is 0 Å². The molecule has 40 heavy (non-hydrogen) atoms. The van der Waals surface area contributed by atoms with Gasteiger partial charge in [0.2, 0.25) is 0 Å². The molecule has 5 aromatic rings. The van der Waals surface area contributed by atoms with E-state index in [9.17, 15) is 39.0 Å². The summed E-state index contributed by atoms with van der Waals surface area (Å²) in [7, 11) is 0. The number of aliphatic carboxylic acids is 2. The van der Waals surface area contributed by atoms with Crippen LogP contribution in [-0.2, 0) is 9.59 Å². The Hall–Kier alpha value is -2.11. The van der Waals surface area contributed by atoms with E-state index in [1.807, 2.05) is 0 Å². The molecule has 0 saturated heterocycles. The van der Waals surface area contributed by atoms with E-state index in [0.29, 0.717) is 52.9 Å². The van der Waals surface area contributed by atoms with Crippen molar-refractivity contribution in [3.05, 3.63) is 70.8 Å². The van der Waals surface area contributed by atoms with Gasteiger partial charge in [-0.15, -0.1) is 0 Å². The van der Waals surface area contributed by atoms with Crippen LogP contribution in [0.15, 0.2) is 48.5 Å². The number of carbonyl (C=O) groups is 6. The number of nitrogens with zero attached hydrogens (tertiary/aromatic N) is 2. The van der Waals surface area contributed by atoms with Gasteiger partial charge in [-0.2, -0.15) is 0 Å². The molecule has 184 valence electrons. The number of hydrogen-bond acceptors (Lipinski definition) is 8.